The first-order valence-corrected chi connectivity index (χ1v) is 15.7. The fraction of sp³-hybridized carbons (Fsp3) is 0.394. The molecule has 0 radical (unpaired) electrons. The van der Waals surface area contributed by atoms with Crippen molar-refractivity contribution in [3.8, 4) is 0 Å². The van der Waals surface area contributed by atoms with Gasteiger partial charge in [0.05, 0.1) is 10.6 Å². The Bertz CT molecular complexity index is 1430. The van der Waals surface area contributed by atoms with Crippen LogP contribution < -0.4 is 9.62 Å². The van der Waals surface area contributed by atoms with E-state index in [-0.39, 0.29) is 17.3 Å². The molecule has 0 saturated heterocycles. The Morgan fingerprint density at radius 1 is 0.829 bits per heavy atom. The second-order valence-electron chi connectivity index (χ2n) is 10.7. The van der Waals surface area contributed by atoms with Gasteiger partial charge in [-0.05, 0) is 81.5 Å². The van der Waals surface area contributed by atoms with Crippen LogP contribution in [0.5, 0.6) is 0 Å². The molecule has 1 atom stereocenters. The van der Waals surface area contributed by atoms with E-state index in [0.29, 0.717) is 18.7 Å². The summed E-state index contributed by atoms with van der Waals surface area (Å²) in [5, 5.41) is 2.96. The van der Waals surface area contributed by atoms with Gasteiger partial charge in [0.1, 0.15) is 12.6 Å². The van der Waals surface area contributed by atoms with E-state index in [1.54, 1.807) is 36.4 Å². The van der Waals surface area contributed by atoms with E-state index in [1.165, 1.54) is 9.21 Å². The van der Waals surface area contributed by atoms with Crippen LogP contribution in [-0.2, 0) is 26.2 Å². The van der Waals surface area contributed by atoms with Gasteiger partial charge in [-0.2, -0.15) is 0 Å². The molecule has 7 nitrogen and oxygen atoms in total. The van der Waals surface area contributed by atoms with Crippen molar-refractivity contribution in [2.45, 2.75) is 78.3 Å². The minimum atomic E-state index is -4.10. The molecule has 41 heavy (non-hydrogen) atoms. The maximum atomic E-state index is 14.2. The van der Waals surface area contributed by atoms with E-state index in [9.17, 15) is 18.0 Å². The van der Waals surface area contributed by atoms with Crippen LogP contribution in [0.3, 0.4) is 0 Å². The summed E-state index contributed by atoms with van der Waals surface area (Å²) in [6, 6.07) is 19.1. The molecule has 2 amide bonds. The molecule has 3 rings (SSSR count). The van der Waals surface area contributed by atoms with E-state index in [4.69, 9.17) is 0 Å². The quantitative estimate of drug-likeness (QED) is 0.259. The van der Waals surface area contributed by atoms with Gasteiger partial charge in [0.2, 0.25) is 11.8 Å². The lowest BCUT2D eigenvalue weighted by molar-refractivity contribution is -0.140. The molecule has 220 valence electrons. The lowest BCUT2D eigenvalue weighted by Crippen LogP contribution is -2.52. The van der Waals surface area contributed by atoms with Crippen LogP contribution in [0.2, 0.25) is 0 Å². The number of anilines is 1. The zero-order valence-electron chi connectivity index (χ0n) is 25.1. The topological polar surface area (TPSA) is 86.8 Å². The van der Waals surface area contributed by atoms with Crippen molar-refractivity contribution in [3.05, 3.63) is 94.5 Å². The van der Waals surface area contributed by atoms with Crippen molar-refractivity contribution in [1.82, 2.24) is 10.2 Å². The molecule has 0 heterocycles. The van der Waals surface area contributed by atoms with Crippen molar-refractivity contribution in [2.75, 3.05) is 17.4 Å². The Hall–Kier alpha value is -3.65. The van der Waals surface area contributed by atoms with E-state index in [1.807, 2.05) is 71.9 Å². The molecular weight excluding hydrogens is 534 g/mol. The predicted octanol–water partition coefficient (Wildman–Crippen LogP) is 5.84. The molecule has 0 aliphatic carbocycles. The van der Waals surface area contributed by atoms with Gasteiger partial charge in [-0.15, -0.1) is 0 Å². The van der Waals surface area contributed by atoms with Gasteiger partial charge < -0.3 is 10.2 Å². The maximum absolute atomic E-state index is 14.2. The molecule has 3 aromatic carbocycles. The Morgan fingerprint density at radius 2 is 1.49 bits per heavy atom. The number of hydrogen-bond donors (Lipinski definition) is 1. The van der Waals surface area contributed by atoms with Crippen molar-refractivity contribution in [2.24, 2.45) is 0 Å². The summed E-state index contributed by atoms with van der Waals surface area (Å²) in [6.45, 7) is 11.8. The van der Waals surface area contributed by atoms with Crippen LogP contribution in [0, 0.1) is 27.7 Å². The molecule has 0 aromatic heterocycles. The van der Waals surface area contributed by atoms with E-state index < -0.39 is 28.5 Å². The zero-order chi connectivity index (χ0) is 30.2. The van der Waals surface area contributed by atoms with Crippen LogP contribution in [0.15, 0.2) is 71.6 Å². The molecule has 1 unspecified atom stereocenters. The van der Waals surface area contributed by atoms with Crippen molar-refractivity contribution >= 4 is 27.5 Å². The second kappa shape index (κ2) is 14.3. The first-order chi connectivity index (χ1) is 19.5. The van der Waals surface area contributed by atoms with Gasteiger partial charge in [-0.25, -0.2) is 8.42 Å². The molecule has 0 saturated carbocycles. The number of nitrogens with zero attached hydrogens (tertiary/aromatic N) is 2. The van der Waals surface area contributed by atoms with Gasteiger partial charge in [-0.3, -0.25) is 13.9 Å². The van der Waals surface area contributed by atoms with Gasteiger partial charge in [0, 0.05) is 13.1 Å². The van der Waals surface area contributed by atoms with Crippen LogP contribution in [0.25, 0.3) is 0 Å². The highest BCUT2D eigenvalue weighted by Crippen LogP contribution is 2.27. The highest BCUT2D eigenvalue weighted by Gasteiger charge is 2.33. The Labute approximate surface area is 245 Å². The molecule has 0 aliphatic rings. The van der Waals surface area contributed by atoms with Crippen molar-refractivity contribution in [3.63, 3.8) is 0 Å². The lowest BCUT2D eigenvalue weighted by atomic mass is 10.1. The van der Waals surface area contributed by atoms with E-state index in [2.05, 4.69) is 5.32 Å². The Balaban J connectivity index is 2.07. The monoisotopic (exact) mass is 577 g/mol. The highest BCUT2D eigenvalue weighted by atomic mass is 32.2. The van der Waals surface area contributed by atoms with Crippen LogP contribution >= 0.6 is 0 Å². The second-order valence-corrected chi connectivity index (χ2v) is 12.6. The van der Waals surface area contributed by atoms with Gasteiger partial charge in [0.25, 0.3) is 10.0 Å². The minimum Gasteiger partial charge on any atom is -0.354 e. The number of carbonyl (C=O) groups excluding carboxylic acids is 2. The zero-order valence-corrected chi connectivity index (χ0v) is 25.9. The number of aryl methyl sites for hydroxylation is 4. The average Bonchev–Trinajstić information content (AvgIpc) is 2.91. The smallest absolute Gasteiger partial charge is 0.264 e. The number of benzene rings is 3. The van der Waals surface area contributed by atoms with Crippen molar-refractivity contribution < 1.29 is 18.0 Å². The summed E-state index contributed by atoms with van der Waals surface area (Å²) in [6.07, 6.45) is 2.16. The Kier molecular flexibility index (Phi) is 11.1. The number of rotatable bonds is 13. The summed E-state index contributed by atoms with van der Waals surface area (Å²) in [4.78, 5) is 29.1. The van der Waals surface area contributed by atoms with Gasteiger partial charge in [0.15, 0.2) is 0 Å². The molecule has 0 aliphatic heterocycles. The SMILES string of the molecule is CCCCNC(=O)C(CC)N(Cc1cccc(C)c1)C(=O)CN(c1cc(C)cc(C)c1)S(=O)(=O)c1ccc(C)cc1. The molecule has 8 heteroatoms. The normalized spacial score (nSPS) is 12.0. The third-order valence-corrected chi connectivity index (χ3v) is 8.82. The number of amides is 2. The standard InChI is InChI=1S/C33H43N3O4S/c1-7-9-17-34-33(38)31(8-2)35(22-28-12-10-11-25(4)19-28)32(37)23-36(29-20-26(5)18-27(6)21-29)41(39,40)30-15-13-24(3)14-16-30/h10-16,18-21,31H,7-9,17,22-23H2,1-6H3,(H,34,38). The molecular formula is C33H43N3O4S. The summed E-state index contributed by atoms with van der Waals surface area (Å²) < 4.78 is 29.3. The average molecular weight is 578 g/mol. The van der Waals surface area contributed by atoms with Crippen molar-refractivity contribution in [1.29, 1.82) is 0 Å². The number of unbranched alkanes of at least 4 members (excludes halogenated alkanes) is 1. The Morgan fingerprint density at radius 3 is 2.07 bits per heavy atom. The highest BCUT2D eigenvalue weighted by molar-refractivity contribution is 7.92. The molecule has 0 fully saturated rings. The number of hydrogen-bond acceptors (Lipinski definition) is 4. The van der Waals surface area contributed by atoms with Crippen LogP contribution in [0.1, 0.15) is 60.9 Å². The molecule has 3 aromatic rings. The number of sulfonamides is 1. The third kappa shape index (κ3) is 8.43. The predicted molar refractivity (Wildman–Crippen MR) is 165 cm³/mol. The first-order valence-electron chi connectivity index (χ1n) is 14.3. The van der Waals surface area contributed by atoms with E-state index in [0.717, 1.165) is 40.7 Å². The van der Waals surface area contributed by atoms with Crippen LogP contribution in [-0.4, -0.2) is 44.3 Å². The fourth-order valence-electron chi connectivity index (χ4n) is 4.89. The fourth-order valence-corrected chi connectivity index (χ4v) is 6.29. The minimum absolute atomic E-state index is 0.102. The maximum Gasteiger partial charge on any atom is 0.264 e. The summed E-state index contributed by atoms with van der Waals surface area (Å²) in [5.41, 5.74) is 5.02. The lowest BCUT2D eigenvalue weighted by Gasteiger charge is -2.33. The third-order valence-electron chi connectivity index (χ3n) is 7.03. The summed E-state index contributed by atoms with van der Waals surface area (Å²) in [7, 11) is -4.10. The van der Waals surface area contributed by atoms with Gasteiger partial charge >= 0.3 is 0 Å². The van der Waals surface area contributed by atoms with Crippen LogP contribution in [0.4, 0.5) is 5.69 Å². The first kappa shape index (κ1) is 31.9. The summed E-state index contributed by atoms with van der Waals surface area (Å²) >= 11 is 0. The van der Waals surface area contributed by atoms with Gasteiger partial charge in [-0.1, -0.05) is 73.9 Å². The molecule has 0 spiro atoms. The largest absolute Gasteiger partial charge is 0.354 e. The number of nitrogens with one attached hydrogen (secondary N) is 1. The molecule has 0 bridgehead atoms. The molecule has 1 N–H and O–H groups in total. The van der Waals surface area contributed by atoms with E-state index >= 15 is 0 Å². The number of carbonyl (C=O) groups is 2. The summed E-state index contributed by atoms with van der Waals surface area (Å²) in [5.74, 6) is -0.680.